The summed E-state index contributed by atoms with van der Waals surface area (Å²) in [6, 6.07) is 2.70. The number of ether oxygens (including phenoxy) is 2. The van der Waals surface area contributed by atoms with Gasteiger partial charge in [0.2, 0.25) is 0 Å². The zero-order chi connectivity index (χ0) is 18.1. The van der Waals surface area contributed by atoms with Crippen LogP contribution in [0.15, 0.2) is 12.1 Å². The van der Waals surface area contributed by atoms with Crippen LogP contribution >= 0.6 is 23.2 Å². The Bertz CT molecular complexity index is 622. The molecular formula is C15H18Cl2N2O5. The van der Waals surface area contributed by atoms with Gasteiger partial charge in [-0.15, -0.1) is 0 Å². The van der Waals surface area contributed by atoms with Crippen LogP contribution in [0.1, 0.15) is 30.1 Å². The number of anilines is 1. The van der Waals surface area contributed by atoms with Crippen LogP contribution in [0.2, 0.25) is 10.0 Å². The van der Waals surface area contributed by atoms with Gasteiger partial charge in [-0.1, -0.05) is 23.2 Å². The van der Waals surface area contributed by atoms with E-state index in [1.54, 1.807) is 6.92 Å². The highest BCUT2D eigenvalue weighted by Crippen LogP contribution is 2.27. The topological polar surface area (TPSA) is 108 Å². The Morgan fingerprint density at radius 3 is 2.58 bits per heavy atom. The Balaban J connectivity index is 2.37. The second-order valence-corrected chi connectivity index (χ2v) is 5.53. The molecule has 132 valence electrons. The molecule has 1 aromatic rings. The number of rotatable bonds is 8. The number of carbonyl (C=O) groups is 3. The average molecular weight is 377 g/mol. The molecule has 0 heterocycles. The molecule has 0 aromatic heterocycles. The number of benzene rings is 1. The number of esters is 2. The van der Waals surface area contributed by atoms with Crippen molar-refractivity contribution in [3.8, 4) is 0 Å². The lowest BCUT2D eigenvalue weighted by Gasteiger charge is -2.09. The molecule has 1 amide bonds. The first-order valence-electron chi connectivity index (χ1n) is 7.19. The molecule has 0 bridgehead atoms. The number of halogens is 2. The molecule has 0 radical (unpaired) electrons. The van der Waals surface area contributed by atoms with Gasteiger partial charge in [0.25, 0.3) is 5.91 Å². The lowest BCUT2D eigenvalue weighted by Crippen LogP contribution is -2.30. The van der Waals surface area contributed by atoms with Gasteiger partial charge in [0.1, 0.15) is 0 Å². The zero-order valence-corrected chi connectivity index (χ0v) is 14.6. The van der Waals surface area contributed by atoms with E-state index in [0.717, 1.165) is 0 Å². The molecule has 0 aliphatic carbocycles. The zero-order valence-electron chi connectivity index (χ0n) is 13.1. The van der Waals surface area contributed by atoms with Crippen LogP contribution in [-0.4, -0.2) is 37.6 Å². The third-order valence-electron chi connectivity index (χ3n) is 2.83. The van der Waals surface area contributed by atoms with E-state index in [2.05, 4.69) is 5.32 Å². The van der Waals surface area contributed by atoms with E-state index in [0.29, 0.717) is 13.0 Å². The molecule has 0 fully saturated rings. The highest BCUT2D eigenvalue weighted by molar-refractivity contribution is 6.37. The van der Waals surface area contributed by atoms with Crippen LogP contribution in [-0.2, 0) is 19.1 Å². The first-order chi connectivity index (χ1) is 11.3. The van der Waals surface area contributed by atoms with E-state index in [-0.39, 0.29) is 40.2 Å². The SMILES string of the molecule is CCOC(=O)CCCNC(=O)COC(=O)c1cc(Cl)cc(Cl)c1N. The van der Waals surface area contributed by atoms with Crippen LogP contribution in [0.25, 0.3) is 0 Å². The van der Waals surface area contributed by atoms with Gasteiger partial charge in [0, 0.05) is 18.0 Å². The van der Waals surface area contributed by atoms with Crippen molar-refractivity contribution >= 4 is 46.7 Å². The van der Waals surface area contributed by atoms with Crippen LogP contribution in [0.4, 0.5) is 5.69 Å². The van der Waals surface area contributed by atoms with Crippen molar-refractivity contribution in [1.29, 1.82) is 0 Å². The third kappa shape index (κ3) is 6.64. The lowest BCUT2D eigenvalue weighted by molar-refractivity contribution is -0.143. The molecule has 9 heteroatoms. The van der Waals surface area contributed by atoms with Crippen molar-refractivity contribution in [1.82, 2.24) is 5.32 Å². The van der Waals surface area contributed by atoms with E-state index in [1.165, 1.54) is 12.1 Å². The molecule has 1 rings (SSSR count). The van der Waals surface area contributed by atoms with Gasteiger partial charge in [-0.05, 0) is 25.5 Å². The predicted molar refractivity (Wildman–Crippen MR) is 90.0 cm³/mol. The minimum Gasteiger partial charge on any atom is -0.466 e. The van der Waals surface area contributed by atoms with Crippen molar-refractivity contribution in [3.63, 3.8) is 0 Å². The Morgan fingerprint density at radius 2 is 1.92 bits per heavy atom. The summed E-state index contributed by atoms with van der Waals surface area (Å²) in [7, 11) is 0. The maximum atomic E-state index is 11.9. The molecule has 7 nitrogen and oxygen atoms in total. The van der Waals surface area contributed by atoms with Gasteiger partial charge in [-0.25, -0.2) is 4.79 Å². The van der Waals surface area contributed by atoms with Crippen molar-refractivity contribution < 1.29 is 23.9 Å². The molecule has 0 aliphatic rings. The quantitative estimate of drug-likeness (QED) is 0.409. The highest BCUT2D eigenvalue weighted by atomic mass is 35.5. The molecule has 0 saturated heterocycles. The first-order valence-corrected chi connectivity index (χ1v) is 7.94. The first kappa shape index (κ1) is 20.1. The van der Waals surface area contributed by atoms with Crippen molar-refractivity contribution in [3.05, 3.63) is 27.7 Å². The molecule has 0 unspecified atom stereocenters. The fraction of sp³-hybridized carbons (Fsp3) is 0.400. The van der Waals surface area contributed by atoms with E-state index >= 15 is 0 Å². The van der Waals surface area contributed by atoms with Gasteiger partial charge in [-0.2, -0.15) is 0 Å². The maximum absolute atomic E-state index is 11.9. The standard InChI is InChI=1S/C15H18Cl2N2O5/c1-2-23-13(21)4-3-5-19-12(20)8-24-15(22)10-6-9(16)7-11(17)14(10)18/h6-7H,2-5,8,18H2,1H3,(H,19,20). The molecule has 0 saturated carbocycles. The van der Waals surface area contributed by atoms with E-state index in [1.807, 2.05) is 0 Å². The largest absolute Gasteiger partial charge is 0.466 e. The average Bonchev–Trinajstić information content (AvgIpc) is 2.53. The summed E-state index contributed by atoms with van der Waals surface area (Å²) < 4.78 is 9.61. The van der Waals surface area contributed by atoms with Gasteiger partial charge < -0.3 is 20.5 Å². The van der Waals surface area contributed by atoms with Crippen molar-refractivity contribution in [2.24, 2.45) is 0 Å². The summed E-state index contributed by atoms with van der Waals surface area (Å²) in [4.78, 5) is 34.6. The van der Waals surface area contributed by atoms with Crippen molar-refractivity contribution in [2.45, 2.75) is 19.8 Å². The Kier molecular flexibility index (Phi) is 8.35. The smallest absolute Gasteiger partial charge is 0.340 e. The lowest BCUT2D eigenvalue weighted by atomic mass is 10.2. The molecule has 0 aliphatic heterocycles. The predicted octanol–water partition coefficient (Wildman–Crippen LogP) is 2.19. The second-order valence-electron chi connectivity index (χ2n) is 4.68. The summed E-state index contributed by atoms with van der Waals surface area (Å²) in [5.74, 6) is -1.64. The number of nitrogens with one attached hydrogen (secondary N) is 1. The molecule has 3 N–H and O–H groups in total. The van der Waals surface area contributed by atoms with Crippen LogP contribution < -0.4 is 11.1 Å². The number of carbonyl (C=O) groups excluding carboxylic acids is 3. The fourth-order valence-corrected chi connectivity index (χ4v) is 2.20. The minimum atomic E-state index is -0.807. The summed E-state index contributed by atoms with van der Waals surface area (Å²) in [6.45, 7) is 1.81. The van der Waals surface area contributed by atoms with Gasteiger partial charge >= 0.3 is 11.9 Å². The maximum Gasteiger partial charge on any atom is 0.340 e. The molecular weight excluding hydrogens is 359 g/mol. The molecule has 0 spiro atoms. The number of hydrogen-bond donors (Lipinski definition) is 2. The highest BCUT2D eigenvalue weighted by Gasteiger charge is 2.16. The summed E-state index contributed by atoms with van der Waals surface area (Å²) in [6.07, 6.45) is 0.626. The summed E-state index contributed by atoms with van der Waals surface area (Å²) in [5.41, 5.74) is 5.69. The van der Waals surface area contributed by atoms with Gasteiger partial charge in [0.15, 0.2) is 6.61 Å². The molecule has 24 heavy (non-hydrogen) atoms. The van der Waals surface area contributed by atoms with Crippen LogP contribution in [0, 0.1) is 0 Å². The van der Waals surface area contributed by atoms with Gasteiger partial charge in [0.05, 0.1) is 22.9 Å². The molecule has 1 aromatic carbocycles. The Morgan fingerprint density at radius 1 is 1.21 bits per heavy atom. The van der Waals surface area contributed by atoms with E-state index in [9.17, 15) is 14.4 Å². The number of amides is 1. The Hall–Kier alpha value is -1.99. The Labute approximate surface area is 149 Å². The van der Waals surface area contributed by atoms with E-state index < -0.39 is 18.5 Å². The van der Waals surface area contributed by atoms with Crippen LogP contribution in [0.3, 0.4) is 0 Å². The number of nitrogens with two attached hydrogens (primary N) is 1. The second kappa shape index (κ2) is 10.00. The third-order valence-corrected chi connectivity index (χ3v) is 3.36. The number of nitrogen functional groups attached to an aromatic ring is 1. The summed E-state index contributed by atoms with van der Waals surface area (Å²) in [5, 5.41) is 2.87. The van der Waals surface area contributed by atoms with Crippen molar-refractivity contribution in [2.75, 3.05) is 25.5 Å². The summed E-state index contributed by atoms with van der Waals surface area (Å²) >= 11 is 11.6. The van der Waals surface area contributed by atoms with E-state index in [4.69, 9.17) is 38.4 Å². The monoisotopic (exact) mass is 376 g/mol. The van der Waals surface area contributed by atoms with Gasteiger partial charge in [-0.3, -0.25) is 9.59 Å². The normalized spacial score (nSPS) is 10.1. The number of hydrogen-bond acceptors (Lipinski definition) is 6. The fourth-order valence-electron chi connectivity index (χ4n) is 1.71. The molecule has 0 atom stereocenters. The van der Waals surface area contributed by atoms with Crippen LogP contribution in [0.5, 0.6) is 0 Å². The minimum absolute atomic E-state index is 0.0115.